The van der Waals surface area contributed by atoms with E-state index in [0.717, 1.165) is 23.3 Å². The molecule has 7 nitrogen and oxygen atoms in total. The van der Waals surface area contributed by atoms with Gasteiger partial charge in [-0.1, -0.05) is 60.7 Å². The van der Waals surface area contributed by atoms with E-state index in [9.17, 15) is 27.2 Å². The fraction of sp³-hybridized carbons (Fsp3) is 0.276. The zero-order valence-corrected chi connectivity index (χ0v) is 21.3. The second-order valence-corrected chi connectivity index (χ2v) is 9.52. The highest BCUT2D eigenvalue weighted by Crippen LogP contribution is 2.36. The molecule has 5 rings (SSSR count). The maximum atomic E-state index is 14.3. The third kappa shape index (κ3) is 5.78. The van der Waals surface area contributed by atoms with Gasteiger partial charge in [-0.2, -0.15) is 0 Å². The number of hydrogen-bond acceptors (Lipinski definition) is 5. The van der Waals surface area contributed by atoms with Crippen LogP contribution in [0.1, 0.15) is 30.5 Å². The number of alkyl halides is 3. The van der Waals surface area contributed by atoms with E-state index < -0.39 is 41.7 Å². The quantitative estimate of drug-likeness (QED) is 0.364. The van der Waals surface area contributed by atoms with E-state index in [4.69, 9.17) is 9.73 Å². The zero-order valence-electron chi connectivity index (χ0n) is 21.3. The Bertz CT molecular complexity index is 1380. The lowest BCUT2D eigenvalue weighted by Gasteiger charge is -2.44. The average molecular weight is 556 g/mol. The van der Waals surface area contributed by atoms with Crippen LogP contribution in [0.2, 0.25) is 0 Å². The highest BCUT2D eigenvalue weighted by molar-refractivity contribution is 6.01. The zero-order chi connectivity index (χ0) is 28.4. The van der Waals surface area contributed by atoms with Gasteiger partial charge >= 0.3 is 12.5 Å². The lowest BCUT2D eigenvalue weighted by atomic mass is 9.87. The van der Waals surface area contributed by atoms with Crippen LogP contribution in [0.15, 0.2) is 83.9 Å². The molecule has 40 heavy (non-hydrogen) atoms. The molecule has 1 saturated heterocycles. The molecule has 2 aliphatic heterocycles. The van der Waals surface area contributed by atoms with Crippen LogP contribution in [-0.2, 0) is 4.79 Å². The molecule has 2 unspecified atom stereocenters. The number of amidine groups is 1. The van der Waals surface area contributed by atoms with Crippen LogP contribution >= 0.6 is 0 Å². The summed E-state index contributed by atoms with van der Waals surface area (Å²) < 4.78 is 60.2. The van der Waals surface area contributed by atoms with Crippen molar-refractivity contribution in [3.05, 3.63) is 95.8 Å². The predicted molar refractivity (Wildman–Crippen MR) is 137 cm³/mol. The average Bonchev–Trinajstić information content (AvgIpc) is 2.92. The monoisotopic (exact) mass is 555 g/mol. The number of fused-ring (bicyclic) bond motifs is 1. The molecule has 3 aromatic rings. The molecule has 2 amide bonds. The number of likely N-dealkylation sites (tertiary alicyclic amines) is 1. The van der Waals surface area contributed by atoms with Crippen LogP contribution in [0, 0.1) is 11.7 Å². The van der Waals surface area contributed by atoms with E-state index in [1.54, 1.807) is 11.8 Å². The van der Waals surface area contributed by atoms with E-state index in [1.807, 2.05) is 60.7 Å². The number of aliphatic imine (C=N–C) groups is 1. The third-order valence-corrected chi connectivity index (χ3v) is 6.92. The molecule has 0 N–H and O–H groups in total. The SMILES string of the molecule is CC1=NC2CN(C(=O)Oc3ccc(OC(F)(F)F)cc3F)CCC2C(=O)N1C(c1ccccc1)c1ccccc1. The molecule has 11 heteroatoms. The van der Waals surface area contributed by atoms with E-state index in [1.165, 1.54) is 4.90 Å². The topological polar surface area (TPSA) is 71.4 Å². The first-order valence-electron chi connectivity index (χ1n) is 12.6. The van der Waals surface area contributed by atoms with Crippen molar-refractivity contribution in [3.8, 4) is 11.5 Å². The summed E-state index contributed by atoms with van der Waals surface area (Å²) in [7, 11) is 0. The molecule has 0 aromatic heterocycles. The first kappa shape index (κ1) is 27.2. The van der Waals surface area contributed by atoms with E-state index in [-0.39, 0.29) is 25.0 Å². The van der Waals surface area contributed by atoms with Gasteiger partial charge in [0, 0.05) is 19.2 Å². The van der Waals surface area contributed by atoms with Gasteiger partial charge in [0.2, 0.25) is 5.91 Å². The number of nitrogens with zero attached hydrogens (tertiary/aromatic N) is 3. The Morgan fingerprint density at radius 2 is 1.62 bits per heavy atom. The lowest BCUT2D eigenvalue weighted by molar-refractivity contribution is -0.274. The molecule has 1 fully saturated rings. The van der Waals surface area contributed by atoms with Gasteiger partial charge < -0.3 is 14.4 Å². The summed E-state index contributed by atoms with van der Waals surface area (Å²) in [6.45, 7) is 1.98. The van der Waals surface area contributed by atoms with Gasteiger partial charge in [0.25, 0.3) is 0 Å². The highest BCUT2D eigenvalue weighted by atomic mass is 19.4. The van der Waals surface area contributed by atoms with Gasteiger partial charge in [0.15, 0.2) is 11.6 Å². The molecular formula is C29H25F4N3O4. The Balaban J connectivity index is 1.33. The van der Waals surface area contributed by atoms with Crippen molar-refractivity contribution in [2.45, 2.75) is 31.8 Å². The number of carbonyl (C=O) groups excluding carboxylic acids is 2. The molecule has 208 valence electrons. The van der Waals surface area contributed by atoms with Gasteiger partial charge in [-0.3, -0.25) is 14.7 Å². The maximum Gasteiger partial charge on any atom is 0.573 e. The van der Waals surface area contributed by atoms with Gasteiger partial charge in [-0.15, -0.1) is 13.2 Å². The Morgan fingerprint density at radius 1 is 1.00 bits per heavy atom. The van der Waals surface area contributed by atoms with Crippen LogP contribution in [0.4, 0.5) is 22.4 Å². The van der Waals surface area contributed by atoms with Crippen molar-refractivity contribution in [1.82, 2.24) is 9.80 Å². The second-order valence-electron chi connectivity index (χ2n) is 9.52. The predicted octanol–water partition coefficient (Wildman–Crippen LogP) is 5.96. The number of amides is 2. The molecule has 0 aliphatic carbocycles. The summed E-state index contributed by atoms with van der Waals surface area (Å²) in [5, 5.41) is 0. The lowest BCUT2D eigenvalue weighted by Crippen LogP contribution is -2.56. The van der Waals surface area contributed by atoms with Crippen LogP contribution in [0.3, 0.4) is 0 Å². The number of carbonyl (C=O) groups is 2. The summed E-state index contributed by atoms with van der Waals surface area (Å²) in [4.78, 5) is 34.5. The molecule has 0 radical (unpaired) electrons. The number of rotatable bonds is 5. The Labute approximate surface area is 227 Å². The van der Waals surface area contributed by atoms with Crippen LogP contribution in [0.5, 0.6) is 11.5 Å². The van der Waals surface area contributed by atoms with Gasteiger partial charge in [-0.25, -0.2) is 9.18 Å². The molecular weight excluding hydrogens is 530 g/mol. The Morgan fingerprint density at radius 3 is 2.20 bits per heavy atom. The summed E-state index contributed by atoms with van der Waals surface area (Å²) in [6.07, 6.45) is -5.57. The van der Waals surface area contributed by atoms with Gasteiger partial charge in [-0.05, 0) is 36.6 Å². The molecule has 3 aromatic carbocycles. The summed E-state index contributed by atoms with van der Waals surface area (Å²) >= 11 is 0. The normalized spacial score (nSPS) is 19.2. The van der Waals surface area contributed by atoms with Crippen LogP contribution in [0.25, 0.3) is 0 Å². The summed E-state index contributed by atoms with van der Waals surface area (Å²) in [6, 6.07) is 20.6. The minimum atomic E-state index is -4.98. The molecule has 0 bridgehead atoms. The second kappa shape index (κ2) is 11.0. The summed E-state index contributed by atoms with van der Waals surface area (Å²) in [5.41, 5.74) is 1.87. The minimum Gasteiger partial charge on any atom is -0.407 e. The van der Waals surface area contributed by atoms with Crippen molar-refractivity contribution in [3.63, 3.8) is 0 Å². The van der Waals surface area contributed by atoms with Crippen LogP contribution in [-0.4, -0.2) is 53.1 Å². The first-order chi connectivity index (χ1) is 19.1. The first-order valence-corrected chi connectivity index (χ1v) is 12.6. The Hall–Kier alpha value is -4.41. The van der Waals surface area contributed by atoms with E-state index in [0.29, 0.717) is 18.3 Å². The number of hydrogen-bond donors (Lipinski definition) is 0. The number of piperidine rings is 1. The number of halogens is 4. The van der Waals surface area contributed by atoms with Gasteiger partial charge in [0.05, 0.1) is 18.0 Å². The maximum absolute atomic E-state index is 14.3. The fourth-order valence-electron chi connectivity index (χ4n) is 5.15. The van der Waals surface area contributed by atoms with Crippen molar-refractivity contribution in [2.75, 3.05) is 13.1 Å². The highest BCUT2D eigenvalue weighted by Gasteiger charge is 2.44. The smallest absolute Gasteiger partial charge is 0.407 e. The third-order valence-electron chi connectivity index (χ3n) is 6.92. The van der Waals surface area contributed by atoms with Crippen molar-refractivity contribution in [1.29, 1.82) is 0 Å². The summed E-state index contributed by atoms with van der Waals surface area (Å²) in [5.74, 6) is -2.57. The van der Waals surface area contributed by atoms with Gasteiger partial charge in [0.1, 0.15) is 11.6 Å². The molecule has 2 heterocycles. The molecule has 0 spiro atoms. The van der Waals surface area contributed by atoms with Crippen molar-refractivity contribution < 1.29 is 36.6 Å². The molecule has 0 saturated carbocycles. The van der Waals surface area contributed by atoms with E-state index in [2.05, 4.69) is 4.74 Å². The van der Waals surface area contributed by atoms with Crippen LogP contribution < -0.4 is 9.47 Å². The van der Waals surface area contributed by atoms with E-state index >= 15 is 0 Å². The number of benzene rings is 3. The number of ether oxygens (including phenoxy) is 2. The van der Waals surface area contributed by atoms with Crippen molar-refractivity contribution >= 4 is 17.8 Å². The van der Waals surface area contributed by atoms with Crippen molar-refractivity contribution in [2.24, 2.45) is 10.9 Å². The minimum absolute atomic E-state index is 0.0681. The molecule has 2 atom stereocenters. The standard InChI is InChI=1S/C29H25F4N3O4/c1-18-34-24-17-35(28(38)39-25-13-12-21(16-23(25)30)40-29(31,32)33)15-14-22(24)27(37)36(18)26(19-8-4-2-5-9-19)20-10-6-3-7-11-20/h2-13,16,22,24,26H,14-15,17H2,1H3. The fourth-order valence-corrected chi connectivity index (χ4v) is 5.15. The Kier molecular flexibility index (Phi) is 7.46. The molecule has 2 aliphatic rings. The largest absolute Gasteiger partial charge is 0.573 e.